The number of nitrogens with two attached hydrogens (primary N) is 2. The first-order chi connectivity index (χ1) is 9.72. The molecule has 0 heterocycles. The van der Waals surface area contributed by atoms with E-state index in [0.29, 0.717) is 11.4 Å². The second kappa shape index (κ2) is 3.87. The lowest BCUT2D eigenvalue weighted by atomic mass is 9.98. The van der Waals surface area contributed by atoms with E-state index in [0.717, 1.165) is 10.8 Å². The molecule has 0 atom stereocenters. The van der Waals surface area contributed by atoms with Crippen molar-refractivity contribution in [2.45, 2.75) is 0 Å². The van der Waals surface area contributed by atoms with Gasteiger partial charge in [-0.1, -0.05) is 30.3 Å². The van der Waals surface area contributed by atoms with Gasteiger partial charge in [0.05, 0.1) is 11.4 Å². The van der Waals surface area contributed by atoms with E-state index < -0.39 is 0 Å². The molecule has 20 heavy (non-hydrogen) atoms. The highest BCUT2D eigenvalue weighted by Gasteiger charge is 2.05. The van der Waals surface area contributed by atoms with Crippen LogP contribution in [0.15, 0.2) is 60.7 Å². The van der Waals surface area contributed by atoms with Crippen molar-refractivity contribution >= 4 is 43.7 Å². The fourth-order valence-electron chi connectivity index (χ4n) is 2.81. The van der Waals surface area contributed by atoms with Crippen LogP contribution >= 0.6 is 0 Å². The molecule has 2 nitrogen and oxygen atoms in total. The number of anilines is 2. The van der Waals surface area contributed by atoms with Crippen LogP contribution in [0.3, 0.4) is 0 Å². The topological polar surface area (TPSA) is 52.0 Å². The molecule has 96 valence electrons. The van der Waals surface area contributed by atoms with Crippen LogP contribution in [-0.2, 0) is 0 Å². The summed E-state index contributed by atoms with van der Waals surface area (Å²) in [5, 5.41) is 7.05. The minimum absolute atomic E-state index is 0.637. The van der Waals surface area contributed by atoms with E-state index in [1.807, 2.05) is 12.1 Å². The highest BCUT2D eigenvalue weighted by Crippen LogP contribution is 2.32. The van der Waals surface area contributed by atoms with Gasteiger partial charge < -0.3 is 11.5 Å². The predicted molar refractivity (Wildman–Crippen MR) is 87.8 cm³/mol. The Morgan fingerprint density at radius 1 is 0.550 bits per heavy atom. The average molecular weight is 258 g/mol. The van der Waals surface area contributed by atoms with Crippen molar-refractivity contribution < 1.29 is 0 Å². The van der Waals surface area contributed by atoms with Crippen molar-refractivity contribution in [3.8, 4) is 0 Å². The lowest BCUT2D eigenvalue weighted by molar-refractivity contribution is 1.72. The van der Waals surface area contributed by atoms with Gasteiger partial charge in [0.15, 0.2) is 0 Å². The standard InChI is InChI=1S/C18H14N2/c19-17-6-5-13-9-14-7-11-3-1-2-4-12(11)8-15(14)10-16(13)18(17)20/h1-10H,19-20H2. The van der Waals surface area contributed by atoms with E-state index in [1.54, 1.807) is 0 Å². The summed E-state index contributed by atoms with van der Waals surface area (Å²) in [7, 11) is 0. The highest BCUT2D eigenvalue weighted by atomic mass is 14.7. The molecule has 0 aliphatic rings. The first kappa shape index (κ1) is 11.1. The third kappa shape index (κ3) is 1.51. The van der Waals surface area contributed by atoms with Gasteiger partial charge in [-0.05, 0) is 57.3 Å². The number of fused-ring (bicyclic) bond motifs is 3. The van der Waals surface area contributed by atoms with Crippen LogP contribution in [0.1, 0.15) is 0 Å². The second-order valence-corrected chi connectivity index (χ2v) is 5.19. The Labute approximate surface area is 116 Å². The maximum atomic E-state index is 6.10. The van der Waals surface area contributed by atoms with Crippen molar-refractivity contribution in [2.24, 2.45) is 0 Å². The maximum absolute atomic E-state index is 6.10. The minimum Gasteiger partial charge on any atom is -0.397 e. The Morgan fingerprint density at radius 2 is 1.15 bits per heavy atom. The van der Waals surface area contributed by atoms with Gasteiger partial charge in [0.1, 0.15) is 0 Å². The van der Waals surface area contributed by atoms with E-state index in [-0.39, 0.29) is 0 Å². The molecule has 0 aliphatic heterocycles. The first-order valence-corrected chi connectivity index (χ1v) is 6.62. The van der Waals surface area contributed by atoms with E-state index in [9.17, 15) is 0 Å². The molecule has 0 radical (unpaired) electrons. The third-order valence-electron chi connectivity index (χ3n) is 3.92. The largest absolute Gasteiger partial charge is 0.397 e. The molecule has 0 aliphatic carbocycles. The molecule has 0 saturated heterocycles. The Hall–Kier alpha value is -2.74. The van der Waals surface area contributed by atoms with E-state index in [4.69, 9.17) is 11.5 Å². The monoisotopic (exact) mass is 258 g/mol. The summed E-state index contributed by atoms with van der Waals surface area (Å²) in [6.07, 6.45) is 0. The average Bonchev–Trinajstić information content (AvgIpc) is 2.47. The molecule has 0 amide bonds. The molecular weight excluding hydrogens is 244 g/mol. The second-order valence-electron chi connectivity index (χ2n) is 5.19. The zero-order chi connectivity index (χ0) is 13.7. The van der Waals surface area contributed by atoms with Crippen molar-refractivity contribution in [2.75, 3.05) is 11.5 Å². The van der Waals surface area contributed by atoms with E-state index in [2.05, 4.69) is 48.5 Å². The Balaban J connectivity index is 2.18. The number of hydrogen-bond acceptors (Lipinski definition) is 2. The fraction of sp³-hybridized carbons (Fsp3) is 0. The van der Waals surface area contributed by atoms with Crippen molar-refractivity contribution in [3.63, 3.8) is 0 Å². The van der Waals surface area contributed by atoms with Crippen molar-refractivity contribution in [1.29, 1.82) is 0 Å². The smallest absolute Gasteiger partial charge is 0.0627 e. The molecule has 4 aromatic carbocycles. The Kier molecular flexibility index (Phi) is 2.15. The number of nitrogen functional groups attached to an aromatic ring is 2. The molecule has 2 heteroatoms. The van der Waals surface area contributed by atoms with Crippen LogP contribution in [0.5, 0.6) is 0 Å². The van der Waals surface area contributed by atoms with Gasteiger partial charge in [-0.15, -0.1) is 0 Å². The summed E-state index contributed by atoms with van der Waals surface area (Å²) in [4.78, 5) is 0. The molecule has 0 bridgehead atoms. The van der Waals surface area contributed by atoms with Crippen LogP contribution in [0, 0.1) is 0 Å². The van der Waals surface area contributed by atoms with E-state index in [1.165, 1.54) is 21.5 Å². The summed E-state index contributed by atoms with van der Waals surface area (Å²) in [6, 6.07) is 21.0. The predicted octanol–water partition coefficient (Wildman–Crippen LogP) is 4.31. The van der Waals surface area contributed by atoms with Gasteiger partial charge in [-0.25, -0.2) is 0 Å². The van der Waals surface area contributed by atoms with Crippen LogP contribution in [-0.4, -0.2) is 0 Å². The summed E-state index contributed by atoms with van der Waals surface area (Å²) in [6.45, 7) is 0. The van der Waals surface area contributed by atoms with Gasteiger partial charge in [0.2, 0.25) is 0 Å². The zero-order valence-corrected chi connectivity index (χ0v) is 10.9. The summed E-state index contributed by atoms with van der Waals surface area (Å²) in [5.41, 5.74) is 13.3. The van der Waals surface area contributed by atoms with Crippen molar-refractivity contribution in [1.82, 2.24) is 0 Å². The molecule has 0 fully saturated rings. The van der Waals surface area contributed by atoms with Crippen LogP contribution < -0.4 is 11.5 Å². The number of benzene rings is 4. The molecule has 4 aromatic rings. The fourth-order valence-corrected chi connectivity index (χ4v) is 2.81. The lowest BCUT2D eigenvalue weighted by Crippen LogP contribution is -1.95. The Morgan fingerprint density at radius 3 is 1.85 bits per heavy atom. The van der Waals surface area contributed by atoms with Crippen LogP contribution in [0.4, 0.5) is 11.4 Å². The third-order valence-corrected chi connectivity index (χ3v) is 3.92. The molecule has 4 N–H and O–H groups in total. The van der Waals surface area contributed by atoms with Gasteiger partial charge in [0.25, 0.3) is 0 Å². The molecular formula is C18H14N2. The first-order valence-electron chi connectivity index (χ1n) is 6.62. The van der Waals surface area contributed by atoms with Gasteiger partial charge in [0, 0.05) is 5.39 Å². The number of hydrogen-bond donors (Lipinski definition) is 2. The van der Waals surface area contributed by atoms with Crippen molar-refractivity contribution in [3.05, 3.63) is 60.7 Å². The molecule has 0 unspecified atom stereocenters. The van der Waals surface area contributed by atoms with Gasteiger partial charge in [-0.2, -0.15) is 0 Å². The molecule has 4 rings (SSSR count). The molecule has 0 spiro atoms. The minimum atomic E-state index is 0.637. The summed E-state index contributed by atoms with van der Waals surface area (Å²) in [5.74, 6) is 0. The SMILES string of the molecule is Nc1ccc2cc3cc4ccccc4cc3cc2c1N. The molecule has 0 aromatic heterocycles. The normalized spacial score (nSPS) is 11.4. The lowest BCUT2D eigenvalue weighted by Gasteiger charge is -2.08. The zero-order valence-electron chi connectivity index (χ0n) is 10.9. The quantitative estimate of drug-likeness (QED) is 0.365. The van der Waals surface area contributed by atoms with Gasteiger partial charge >= 0.3 is 0 Å². The maximum Gasteiger partial charge on any atom is 0.0627 e. The van der Waals surface area contributed by atoms with E-state index >= 15 is 0 Å². The van der Waals surface area contributed by atoms with Crippen LogP contribution in [0.2, 0.25) is 0 Å². The molecule has 0 saturated carbocycles. The number of rotatable bonds is 0. The van der Waals surface area contributed by atoms with Crippen LogP contribution in [0.25, 0.3) is 32.3 Å². The highest BCUT2D eigenvalue weighted by molar-refractivity contribution is 6.09. The summed E-state index contributed by atoms with van der Waals surface area (Å²) < 4.78 is 0. The summed E-state index contributed by atoms with van der Waals surface area (Å²) >= 11 is 0. The van der Waals surface area contributed by atoms with Gasteiger partial charge in [-0.3, -0.25) is 0 Å². The Bertz CT molecular complexity index is 971.